The number of aromatic nitrogens is 3. The first-order chi connectivity index (χ1) is 11.8. The molecule has 3 aliphatic rings. The highest BCUT2D eigenvalue weighted by Crippen LogP contribution is 2.39. The average molecular weight is 344 g/mol. The molecule has 0 amide bonds. The van der Waals surface area contributed by atoms with Gasteiger partial charge in [-0.2, -0.15) is 5.10 Å². The molecule has 2 fully saturated rings. The van der Waals surface area contributed by atoms with Gasteiger partial charge in [-0.1, -0.05) is 6.07 Å². The van der Waals surface area contributed by atoms with E-state index in [2.05, 4.69) is 26.7 Å². The van der Waals surface area contributed by atoms with E-state index in [1.54, 1.807) is 0 Å². The van der Waals surface area contributed by atoms with Crippen LogP contribution in [0.2, 0.25) is 0 Å². The van der Waals surface area contributed by atoms with Crippen LogP contribution in [0, 0.1) is 4.77 Å². The van der Waals surface area contributed by atoms with Gasteiger partial charge in [-0.15, -0.1) is 0 Å². The molecule has 5 rings (SSSR count). The Balaban J connectivity index is 1.38. The first kappa shape index (κ1) is 14.5. The molecule has 1 aromatic carbocycles. The van der Waals surface area contributed by atoms with Crippen LogP contribution in [0.4, 0.5) is 0 Å². The molecule has 1 saturated heterocycles. The number of likely N-dealkylation sites (tertiary alicyclic amines) is 1. The van der Waals surface area contributed by atoms with E-state index >= 15 is 0 Å². The van der Waals surface area contributed by atoms with E-state index < -0.39 is 0 Å². The Labute approximate surface area is 145 Å². The molecule has 1 aromatic heterocycles. The molecule has 126 valence electrons. The van der Waals surface area contributed by atoms with Crippen molar-refractivity contribution in [1.82, 2.24) is 19.2 Å². The van der Waals surface area contributed by atoms with Gasteiger partial charge in [0.15, 0.2) is 16.3 Å². The van der Waals surface area contributed by atoms with E-state index in [0.29, 0.717) is 18.9 Å². The Morgan fingerprint density at radius 3 is 2.92 bits per heavy atom. The number of fused-ring (bicyclic) bond motifs is 1. The second-order valence-electron chi connectivity index (χ2n) is 6.78. The molecule has 3 heterocycles. The van der Waals surface area contributed by atoms with E-state index in [-0.39, 0.29) is 0 Å². The van der Waals surface area contributed by atoms with Gasteiger partial charge < -0.3 is 14.0 Å². The zero-order valence-electron chi connectivity index (χ0n) is 13.4. The molecule has 6 nitrogen and oxygen atoms in total. The minimum Gasteiger partial charge on any atom is -0.454 e. The summed E-state index contributed by atoms with van der Waals surface area (Å²) in [6, 6.07) is 7.25. The van der Waals surface area contributed by atoms with Crippen molar-refractivity contribution in [3.63, 3.8) is 0 Å². The third-order valence-corrected chi connectivity index (χ3v) is 5.58. The standard InChI is InChI=1S/C17H20N4O2S/c24-17-20(13-4-5-13)9-18-21(17)10-19-7-1-2-14(19)12-3-6-15-16(8-12)23-11-22-15/h3,6,8-9,13-14H,1-2,4-5,7,10-11H2/t14-/m0/s1. The maximum atomic E-state index is 5.60. The summed E-state index contributed by atoms with van der Waals surface area (Å²) in [5.41, 5.74) is 1.28. The predicted octanol–water partition coefficient (Wildman–Crippen LogP) is 3.27. The zero-order chi connectivity index (χ0) is 16.1. The van der Waals surface area contributed by atoms with Crippen LogP contribution in [-0.4, -0.2) is 32.6 Å². The van der Waals surface area contributed by atoms with Gasteiger partial charge in [0, 0.05) is 18.6 Å². The quantitative estimate of drug-likeness (QED) is 0.797. The van der Waals surface area contributed by atoms with Crippen LogP contribution in [0.1, 0.15) is 43.3 Å². The second-order valence-corrected chi connectivity index (χ2v) is 7.14. The highest BCUT2D eigenvalue weighted by molar-refractivity contribution is 7.71. The Morgan fingerprint density at radius 1 is 1.17 bits per heavy atom. The molecule has 1 aliphatic carbocycles. The van der Waals surface area contributed by atoms with Crippen molar-refractivity contribution >= 4 is 12.2 Å². The summed E-state index contributed by atoms with van der Waals surface area (Å²) in [4.78, 5) is 2.46. The zero-order valence-corrected chi connectivity index (χ0v) is 14.2. The summed E-state index contributed by atoms with van der Waals surface area (Å²) in [6.45, 7) is 2.13. The molecule has 1 atom stereocenters. The summed E-state index contributed by atoms with van der Waals surface area (Å²) in [5.74, 6) is 1.70. The second kappa shape index (κ2) is 5.60. The third kappa shape index (κ3) is 2.43. The van der Waals surface area contributed by atoms with Gasteiger partial charge in [-0.05, 0) is 55.6 Å². The van der Waals surface area contributed by atoms with E-state index in [0.717, 1.165) is 35.9 Å². The van der Waals surface area contributed by atoms with Crippen LogP contribution in [0.15, 0.2) is 24.5 Å². The molecule has 0 unspecified atom stereocenters. The van der Waals surface area contributed by atoms with Crippen LogP contribution in [0.25, 0.3) is 0 Å². The molecule has 2 aliphatic heterocycles. The van der Waals surface area contributed by atoms with Gasteiger partial charge in [0.1, 0.15) is 6.33 Å². The lowest BCUT2D eigenvalue weighted by Gasteiger charge is -2.24. The van der Waals surface area contributed by atoms with Gasteiger partial charge in [-0.3, -0.25) is 4.90 Å². The van der Waals surface area contributed by atoms with Gasteiger partial charge in [0.2, 0.25) is 6.79 Å². The number of nitrogens with zero attached hydrogens (tertiary/aromatic N) is 4. The highest BCUT2D eigenvalue weighted by atomic mass is 32.1. The van der Waals surface area contributed by atoms with Crippen molar-refractivity contribution in [3.8, 4) is 11.5 Å². The molecular formula is C17H20N4O2S. The lowest BCUT2D eigenvalue weighted by Crippen LogP contribution is -2.27. The molecule has 0 bridgehead atoms. The van der Waals surface area contributed by atoms with Crippen molar-refractivity contribution in [2.75, 3.05) is 13.3 Å². The minimum absolute atomic E-state index is 0.320. The van der Waals surface area contributed by atoms with E-state index in [9.17, 15) is 0 Å². The monoisotopic (exact) mass is 344 g/mol. The molecule has 0 N–H and O–H groups in total. The largest absolute Gasteiger partial charge is 0.454 e. The first-order valence-corrected chi connectivity index (χ1v) is 8.98. The van der Waals surface area contributed by atoms with Crippen LogP contribution in [0.5, 0.6) is 11.5 Å². The topological polar surface area (TPSA) is 44.5 Å². The van der Waals surface area contributed by atoms with Crippen molar-refractivity contribution in [1.29, 1.82) is 0 Å². The Kier molecular flexibility index (Phi) is 3.38. The van der Waals surface area contributed by atoms with E-state index in [1.165, 1.54) is 24.8 Å². The number of hydrogen-bond acceptors (Lipinski definition) is 5. The maximum absolute atomic E-state index is 5.60. The van der Waals surface area contributed by atoms with Crippen LogP contribution < -0.4 is 9.47 Å². The number of ether oxygens (including phenoxy) is 2. The number of hydrogen-bond donors (Lipinski definition) is 0. The normalized spacial score (nSPS) is 23.1. The van der Waals surface area contributed by atoms with Gasteiger partial charge in [0.25, 0.3) is 0 Å². The summed E-state index contributed by atoms with van der Waals surface area (Å²) in [5, 5.41) is 4.52. The van der Waals surface area contributed by atoms with Crippen LogP contribution in [-0.2, 0) is 6.67 Å². The smallest absolute Gasteiger partial charge is 0.231 e. The number of rotatable bonds is 4. The minimum atomic E-state index is 0.320. The molecule has 24 heavy (non-hydrogen) atoms. The van der Waals surface area contributed by atoms with Gasteiger partial charge >= 0.3 is 0 Å². The predicted molar refractivity (Wildman–Crippen MR) is 90.6 cm³/mol. The summed E-state index contributed by atoms with van der Waals surface area (Å²) >= 11 is 5.60. The Morgan fingerprint density at radius 2 is 2.04 bits per heavy atom. The van der Waals surface area contributed by atoms with Gasteiger partial charge in [-0.25, -0.2) is 4.68 Å². The van der Waals surface area contributed by atoms with Crippen molar-refractivity contribution in [3.05, 3.63) is 34.9 Å². The summed E-state index contributed by atoms with van der Waals surface area (Å²) in [6.07, 6.45) is 6.69. The van der Waals surface area contributed by atoms with Crippen LogP contribution >= 0.6 is 12.2 Å². The Bertz CT molecular complexity index is 826. The SMILES string of the molecule is S=c1n(C2CC2)cnn1CN1CCC[C@H]1c1ccc2c(c1)OCO2. The molecule has 2 aromatic rings. The lowest BCUT2D eigenvalue weighted by molar-refractivity contribution is 0.173. The van der Waals surface area contributed by atoms with Crippen LogP contribution in [0.3, 0.4) is 0 Å². The summed E-state index contributed by atoms with van der Waals surface area (Å²) in [7, 11) is 0. The molecule has 7 heteroatoms. The molecule has 1 saturated carbocycles. The fourth-order valence-corrected chi connectivity index (χ4v) is 4.02. The van der Waals surface area contributed by atoms with E-state index in [1.807, 2.05) is 17.1 Å². The van der Waals surface area contributed by atoms with E-state index in [4.69, 9.17) is 21.7 Å². The molecule has 0 spiro atoms. The first-order valence-electron chi connectivity index (χ1n) is 8.57. The maximum Gasteiger partial charge on any atom is 0.231 e. The summed E-state index contributed by atoms with van der Waals surface area (Å²) < 4.78 is 15.9. The molecular weight excluding hydrogens is 324 g/mol. The van der Waals surface area contributed by atoms with Crippen molar-refractivity contribution in [2.45, 2.75) is 44.4 Å². The average Bonchev–Trinajstić information content (AvgIpc) is 3.00. The fraction of sp³-hybridized carbons (Fsp3) is 0.529. The van der Waals surface area contributed by atoms with Crippen molar-refractivity contribution in [2.24, 2.45) is 0 Å². The Hall–Kier alpha value is -1.86. The number of benzene rings is 1. The highest BCUT2D eigenvalue weighted by Gasteiger charge is 2.29. The molecule has 0 radical (unpaired) electrons. The van der Waals surface area contributed by atoms with Crippen molar-refractivity contribution < 1.29 is 9.47 Å². The third-order valence-electron chi connectivity index (χ3n) is 5.16. The van der Waals surface area contributed by atoms with Gasteiger partial charge in [0.05, 0.1) is 6.67 Å². The lowest BCUT2D eigenvalue weighted by atomic mass is 10.0. The fourth-order valence-electron chi connectivity index (χ4n) is 3.72.